The Labute approximate surface area is 167 Å². The molecule has 0 aliphatic carbocycles. The highest BCUT2D eigenvalue weighted by Crippen LogP contribution is 2.33. The van der Waals surface area contributed by atoms with Crippen molar-refractivity contribution in [3.63, 3.8) is 0 Å². The molecule has 1 aliphatic heterocycles. The van der Waals surface area contributed by atoms with Gasteiger partial charge < -0.3 is 14.8 Å². The number of carbonyl (C=O) groups excluding carboxylic acids is 1. The van der Waals surface area contributed by atoms with Crippen LogP contribution in [0.5, 0.6) is 11.5 Å². The lowest BCUT2D eigenvalue weighted by Gasteiger charge is -2.09. The first-order valence-corrected chi connectivity index (χ1v) is 9.56. The minimum Gasteiger partial charge on any atom is -0.493 e. The van der Waals surface area contributed by atoms with E-state index in [4.69, 9.17) is 21.1 Å². The van der Waals surface area contributed by atoms with Gasteiger partial charge in [0.1, 0.15) is 0 Å². The molecular weight excluding hydrogens is 384 g/mol. The van der Waals surface area contributed by atoms with E-state index in [-0.39, 0.29) is 5.91 Å². The monoisotopic (exact) mass is 402 g/mol. The maximum atomic E-state index is 12.3. The second-order valence-corrected chi connectivity index (χ2v) is 7.15. The van der Waals surface area contributed by atoms with Crippen LogP contribution in [0, 0.1) is 6.92 Å². The van der Waals surface area contributed by atoms with Gasteiger partial charge in [-0.1, -0.05) is 23.7 Å². The summed E-state index contributed by atoms with van der Waals surface area (Å²) in [5, 5.41) is 3.95. The summed E-state index contributed by atoms with van der Waals surface area (Å²) in [6, 6.07) is 11.0. The Hall–Kier alpha value is -2.44. The van der Waals surface area contributed by atoms with Gasteiger partial charge in [0.2, 0.25) is 0 Å². The second-order valence-electron chi connectivity index (χ2n) is 5.71. The van der Waals surface area contributed by atoms with E-state index in [0.717, 1.165) is 16.8 Å². The minimum atomic E-state index is -0.189. The van der Waals surface area contributed by atoms with Crippen LogP contribution in [0.4, 0.5) is 5.69 Å². The van der Waals surface area contributed by atoms with Gasteiger partial charge in [0.25, 0.3) is 5.91 Å². The predicted molar refractivity (Wildman–Crippen MR) is 111 cm³/mol. The Morgan fingerprint density at radius 3 is 2.81 bits per heavy atom. The number of thioether (sulfide) groups is 1. The summed E-state index contributed by atoms with van der Waals surface area (Å²) in [6.45, 7) is 4.36. The van der Waals surface area contributed by atoms with E-state index in [9.17, 15) is 4.79 Å². The number of hydrogen-bond acceptors (Lipinski definition) is 5. The molecule has 0 unspecified atom stereocenters. The van der Waals surface area contributed by atoms with Crippen LogP contribution in [0.2, 0.25) is 5.02 Å². The summed E-state index contributed by atoms with van der Waals surface area (Å²) in [4.78, 5) is 17.4. The molecule has 5 nitrogen and oxygen atoms in total. The molecule has 7 heteroatoms. The lowest BCUT2D eigenvalue weighted by atomic mass is 10.2. The van der Waals surface area contributed by atoms with Crippen LogP contribution in [0.3, 0.4) is 0 Å². The number of nitrogens with zero attached hydrogens (tertiary/aromatic N) is 1. The van der Waals surface area contributed by atoms with Gasteiger partial charge >= 0.3 is 0 Å². The van der Waals surface area contributed by atoms with Gasteiger partial charge in [0, 0.05) is 5.02 Å². The Morgan fingerprint density at radius 1 is 1.26 bits per heavy atom. The highest BCUT2D eigenvalue weighted by molar-refractivity contribution is 8.18. The van der Waals surface area contributed by atoms with Gasteiger partial charge in [-0.25, -0.2) is 4.99 Å². The van der Waals surface area contributed by atoms with Crippen molar-refractivity contribution in [1.29, 1.82) is 0 Å². The van der Waals surface area contributed by atoms with E-state index in [0.29, 0.717) is 33.2 Å². The number of hydrogen-bond donors (Lipinski definition) is 1. The number of amides is 1. The molecule has 1 N–H and O–H groups in total. The molecule has 0 atom stereocenters. The molecule has 0 radical (unpaired) electrons. The molecule has 27 heavy (non-hydrogen) atoms. The summed E-state index contributed by atoms with van der Waals surface area (Å²) in [6.07, 6.45) is 1.80. The van der Waals surface area contributed by atoms with Crippen molar-refractivity contribution in [2.24, 2.45) is 4.99 Å². The molecule has 1 aliphatic rings. The van der Waals surface area contributed by atoms with Gasteiger partial charge in [-0.05, 0) is 67.1 Å². The fourth-order valence-corrected chi connectivity index (χ4v) is 3.51. The van der Waals surface area contributed by atoms with E-state index in [1.54, 1.807) is 13.2 Å². The topological polar surface area (TPSA) is 59.9 Å². The van der Waals surface area contributed by atoms with Crippen molar-refractivity contribution in [3.8, 4) is 11.5 Å². The van der Waals surface area contributed by atoms with Gasteiger partial charge in [0.15, 0.2) is 16.7 Å². The van der Waals surface area contributed by atoms with Crippen molar-refractivity contribution in [2.45, 2.75) is 13.8 Å². The summed E-state index contributed by atoms with van der Waals surface area (Å²) < 4.78 is 10.9. The summed E-state index contributed by atoms with van der Waals surface area (Å²) in [7, 11) is 1.59. The third-order valence-electron chi connectivity index (χ3n) is 3.90. The minimum absolute atomic E-state index is 0.189. The lowest BCUT2D eigenvalue weighted by molar-refractivity contribution is -0.115. The molecule has 0 saturated carbocycles. The van der Waals surface area contributed by atoms with E-state index in [1.807, 2.05) is 50.2 Å². The number of rotatable bonds is 5. The third-order valence-corrected chi connectivity index (χ3v) is 5.22. The average molecular weight is 403 g/mol. The van der Waals surface area contributed by atoms with Crippen molar-refractivity contribution < 1.29 is 14.3 Å². The second kappa shape index (κ2) is 8.50. The summed E-state index contributed by atoms with van der Waals surface area (Å²) in [5.74, 6) is 1.11. The van der Waals surface area contributed by atoms with Crippen LogP contribution in [0.25, 0.3) is 6.08 Å². The highest BCUT2D eigenvalue weighted by Gasteiger charge is 2.24. The smallest absolute Gasteiger partial charge is 0.264 e. The SMILES string of the molecule is CCOc1ccc(/C=C2\SC(=Nc3cccc(Cl)c3C)NC2=O)cc1OC. The fourth-order valence-electron chi connectivity index (χ4n) is 2.51. The van der Waals surface area contributed by atoms with Crippen LogP contribution in [-0.4, -0.2) is 24.8 Å². The van der Waals surface area contributed by atoms with E-state index >= 15 is 0 Å². The van der Waals surface area contributed by atoms with E-state index in [1.165, 1.54) is 11.8 Å². The summed E-state index contributed by atoms with van der Waals surface area (Å²) >= 11 is 7.42. The first-order valence-electron chi connectivity index (χ1n) is 8.37. The van der Waals surface area contributed by atoms with Gasteiger partial charge in [-0.2, -0.15) is 0 Å². The molecule has 1 saturated heterocycles. The molecule has 140 valence electrons. The lowest BCUT2D eigenvalue weighted by Crippen LogP contribution is -2.19. The Kier molecular flexibility index (Phi) is 6.08. The Bertz CT molecular complexity index is 941. The molecule has 2 aromatic carbocycles. The summed E-state index contributed by atoms with van der Waals surface area (Å²) in [5.41, 5.74) is 2.44. The molecule has 0 aromatic heterocycles. The normalized spacial score (nSPS) is 16.7. The van der Waals surface area contributed by atoms with Crippen molar-refractivity contribution in [3.05, 3.63) is 57.5 Å². The number of carbonyl (C=O) groups is 1. The van der Waals surface area contributed by atoms with Gasteiger partial charge in [-0.3, -0.25) is 4.79 Å². The number of methoxy groups -OCH3 is 1. The van der Waals surface area contributed by atoms with Crippen molar-refractivity contribution >= 4 is 46.2 Å². The Balaban J connectivity index is 1.85. The quantitative estimate of drug-likeness (QED) is 0.719. The first kappa shape index (κ1) is 19.3. The van der Waals surface area contributed by atoms with Crippen LogP contribution in [0.1, 0.15) is 18.1 Å². The number of ether oxygens (including phenoxy) is 2. The standard InChI is InChI=1S/C20H19ClN2O3S/c1-4-26-16-9-8-13(10-17(16)25-3)11-18-19(24)23-20(27-18)22-15-7-5-6-14(21)12(15)2/h5-11H,4H2,1-3H3,(H,22,23,24)/b18-11-. The molecule has 3 rings (SSSR count). The van der Waals surface area contributed by atoms with Crippen molar-refractivity contribution in [2.75, 3.05) is 13.7 Å². The van der Waals surface area contributed by atoms with Gasteiger partial charge in [0.05, 0.1) is 24.3 Å². The maximum Gasteiger partial charge on any atom is 0.264 e. The number of benzene rings is 2. The third kappa shape index (κ3) is 4.46. The van der Waals surface area contributed by atoms with Crippen molar-refractivity contribution in [1.82, 2.24) is 5.32 Å². The number of halogens is 1. The molecule has 1 fully saturated rings. The highest BCUT2D eigenvalue weighted by atomic mass is 35.5. The van der Waals surface area contributed by atoms with Crippen LogP contribution in [0.15, 0.2) is 46.3 Å². The molecule has 0 spiro atoms. The van der Waals surface area contributed by atoms with Crippen LogP contribution < -0.4 is 14.8 Å². The zero-order chi connectivity index (χ0) is 19.4. The molecule has 1 amide bonds. The maximum absolute atomic E-state index is 12.3. The fraction of sp³-hybridized carbons (Fsp3) is 0.200. The zero-order valence-electron chi connectivity index (χ0n) is 15.2. The number of amidine groups is 1. The Morgan fingerprint density at radius 2 is 2.07 bits per heavy atom. The largest absolute Gasteiger partial charge is 0.493 e. The molecule has 0 bridgehead atoms. The number of nitrogens with one attached hydrogen (secondary N) is 1. The first-order chi connectivity index (χ1) is 13.0. The molecule has 1 heterocycles. The van der Waals surface area contributed by atoms with Crippen LogP contribution in [-0.2, 0) is 4.79 Å². The van der Waals surface area contributed by atoms with E-state index < -0.39 is 0 Å². The molecule has 2 aromatic rings. The molecular formula is C20H19ClN2O3S. The average Bonchev–Trinajstić information content (AvgIpc) is 2.99. The van der Waals surface area contributed by atoms with Crippen LogP contribution >= 0.6 is 23.4 Å². The predicted octanol–water partition coefficient (Wildman–Crippen LogP) is 4.95. The number of aliphatic imine (C=N–C) groups is 1. The van der Waals surface area contributed by atoms with Gasteiger partial charge in [-0.15, -0.1) is 0 Å². The van der Waals surface area contributed by atoms with E-state index in [2.05, 4.69) is 10.3 Å². The zero-order valence-corrected chi connectivity index (χ0v) is 16.8.